The first-order valence-electron chi connectivity index (χ1n) is 5.24. The van der Waals surface area contributed by atoms with Crippen molar-refractivity contribution < 1.29 is 4.79 Å². The van der Waals surface area contributed by atoms with Gasteiger partial charge in [-0.15, -0.1) is 11.3 Å². The maximum atomic E-state index is 12.0. The highest BCUT2D eigenvalue weighted by Gasteiger charge is 2.15. The van der Waals surface area contributed by atoms with Crippen LogP contribution in [-0.4, -0.2) is 10.5 Å². The van der Waals surface area contributed by atoms with Crippen molar-refractivity contribution in [2.75, 3.05) is 0 Å². The molecule has 90 valence electrons. The number of hydrogen-bond acceptors (Lipinski definition) is 2. The maximum Gasteiger partial charge on any atom is 0.268 e. The van der Waals surface area contributed by atoms with Crippen LogP contribution in [0.5, 0.6) is 0 Å². The Hall–Kier alpha value is -1.07. The van der Waals surface area contributed by atoms with Crippen molar-refractivity contribution in [3.05, 3.63) is 44.8 Å². The lowest BCUT2D eigenvalue weighted by molar-refractivity contribution is 0.0932. The third-order valence-corrected chi connectivity index (χ3v) is 4.01. The summed E-state index contributed by atoms with van der Waals surface area (Å²) in [5.41, 5.74) is 0.653. The molecule has 0 bridgehead atoms. The minimum Gasteiger partial charge on any atom is -0.345 e. The van der Waals surface area contributed by atoms with Gasteiger partial charge in [0.05, 0.1) is 6.04 Å². The van der Waals surface area contributed by atoms with Crippen molar-refractivity contribution in [1.29, 1.82) is 0 Å². The summed E-state index contributed by atoms with van der Waals surface area (Å²) in [4.78, 5) is 13.2. The molecule has 17 heavy (non-hydrogen) atoms. The van der Waals surface area contributed by atoms with Crippen molar-refractivity contribution in [2.24, 2.45) is 7.05 Å². The van der Waals surface area contributed by atoms with Gasteiger partial charge in [-0.2, -0.15) is 0 Å². The Morgan fingerprint density at radius 3 is 2.88 bits per heavy atom. The fraction of sp³-hybridized carbons (Fsp3) is 0.250. The summed E-state index contributed by atoms with van der Waals surface area (Å²) in [5.74, 6) is -0.0564. The van der Waals surface area contributed by atoms with Gasteiger partial charge in [0.1, 0.15) is 5.69 Å². The van der Waals surface area contributed by atoms with E-state index in [-0.39, 0.29) is 11.9 Å². The van der Waals surface area contributed by atoms with Crippen molar-refractivity contribution in [1.82, 2.24) is 9.88 Å². The van der Waals surface area contributed by atoms with E-state index < -0.39 is 0 Å². The van der Waals surface area contributed by atoms with E-state index in [4.69, 9.17) is 0 Å². The molecule has 2 aromatic heterocycles. The first-order valence-corrected chi connectivity index (χ1v) is 6.91. The predicted molar refractivity (Wildman–Crippen MR) is 73.3 cm³/mol. The number of aromatic nitrogens is 1. The van der Waals surface area contributed by atoms with Gasteiger partial charge in [0.15, 0.2) is 0 Å². The van der Waals surface area contributed by atoms with Gasteiger partial charge >= 0.3 is 0 Å². The van der Waals surface area contributed by atoms with Crippen molar-refractivity contribution >= 4 is 33.2 Å². The van der Waals surface area contributed by atoms with E-state index in [0.29, 0.717) is 5.69 Å². The molecule has 0 aliphatic heterocycles. The van der Waals surface area contributed by atoms with Crippen molar-refractivity contribution in [3.63, 3.8) is 0 Å². The zero-order chi connectivity index (χ0) is 12.4. The van der Waals surface area contributed by atoms with Crippen LogP contribution >= 0.6 is 27.3 Å². The highest BCUT2D eigenvalue weighted by Crippen LogP contribution is 2.19. The molecular formula is C12H13BrN2OS. The minimum absolute atomic E-state index is 0.0381. The van der Waals surface area contributed by atoms with E-state index in [1.807, 2.05) is 43.7 Å². The van der Waals surface area contributed by atoms with Crippen LogP contribution in [0.1, 0.15) is 28.3 Å². The van der Waals surface area contributed by atoms with Gasteiger partial charge in [-0.1, -0.05) is 6.07 Å². The van der Waals surface area contributed by atoms with Crippen LogP contribution in [0.15, 0.2) is 34.2 Å². The van der Waals surface area contributed by atoms with Crippen molar-refractivity contribution in [3.8, 4) is 0 Å². The number of amides is 1. The lowest BCUT2D eigenvalue weighted by Gasteiger charge is -2.12. The zero-order valence-electron chi connectivity index (χ0n) is 9.61. The maximum absolute atomic E-state index is 12.0. The molecule has 0 saturated carbocycles. The second-order valence-electron chi connectivity index (χ2n) is 3.87. The molecule has 0 spiro atoms. The molecule has 2 heterocycles. The average molecular weight is 313 g/mol. The standard InChI is InChI=1S/C12H13BrN2OS/c1-8(11-4-3-5-17-11)14-12(16)10-6-9(13)7-15(10)2/h3-8H,1-2H3,(H,14,16). The van der Waals surface area contributed by atoms with E-state index in [1.165, 1.54) is 0 Å². The number of carbonyl (C=O) groups excluding carboxylic acids is 1. The number of rotatable bonds is 3. The molecule has 1 atom stereocenters. The summed E-state index contributed by atoms with van der Waals surface area (Å²) < 4.78 is 2.72. The average Bonchev–Trinajstić information content (AvgIpc) is 2.87. The van der Waals surface area contributed by atoms with Crippen LogP contribution in [-0.2, 0) is 7.05 Å². The van der Waals surface area contributed by atoms with Crippen molar-refractivity contribution in [2.45, 2.75) is 13.0 Å². The smallest absolute Gasteiger partial charge is 0.268 e. The molecule has 0 fully saturated rings. The molecule has 1 N–H and O–H groups in total. The summed E-state index contributed by atoms with van der Waals surface area (Å²) >= 11 is 5.00. The fourth-order valence-corrected chi connectivity index (χ4v) is 2.89. The first-order chi connectivity index (χ1) is 8.08. The van der Waals surface area contributed by atoms with Gasteiger partial charge in [-0.3, -0.25) is 4.79 Å². The molecule has 0 saturated heterocycles. The quantitative estimate of drug-likeness (QED) is 0.926. The monoisotopic (exact) mass is 312 g/mol. The van der Waals surface area contributed by atoms with Gasteiger partial charge in [0.2, 0.25) is 0 Å². The number of halogens is 1. The van der Waals surface area contributed by atoms with Gasteiger partial charge < -0.3 is 9.88 Å². The van der Waals surface area contributed by atoms with Gasteiger partial charge in [-0.25, -0.2) is 0 Å². The summed E-state index contributed by atoms with van der Waals surface area (Å²) in [6.45, 7) is 1.99. The number of aryl methyl sites for hydroxylation is 1. The summed E-state index contributed by atoms with van der Waals surface area (Å²) in [7, 11) is 1.86. The molecule has 5 heteroatoms. The molecule has 2 rings (SSSR count). The van der Waals surface area contributed by atoms with Crippen LogP contribution in [0, 0.1) is 0 Å². The normalized spacial score (nSPS) is 12.4. The molecule has 0 aromatic carbocycles. The lowest BCUT2D eigenvalue weighted by atomic mass is 10.2. The fourth-order valence-electron chi connectivity index (χ4n) is 1.63. The Kier molecular flexibility index (Phi) is 3.69. The van der Waals surface area contributed by atoms with E-state index in [0.717, 1.165) is 9.35 Å². The highest BCUT2D eigenvalue weighted by atomic mass is 79.9. The Balaban J connectivity index is 2.09. The topological polar surface area (TPSA) is 34.0 Å². The summed E-state index contributed by atoms with van der Waals surface area (Å²) in [6.07, 6.45) is 1.87. The number of nitrogens with zero attached hydrogens (tertiary/aromatic N) is 1. The predicted octanol–water partition coefficient (Wildman–Crippen LogP) is 3.34. The van der Waals surface area contributed by atoms with E-state index in [2.05, 4.69) is 21.2 Å². The third-order valence-electron chi connectivity index (χ3n) is 2.52. The number of carbonyl (C=O) groups is 1. The van der Waals surface area contributed by atoms with Crippen LogP contribution in [0.4, 0.5) is 0 Å². The Bertz CT molecular complexity index is 519. The molecule has 3 nitrogen and oxygen atoms in total. The molecule has 2 aromatic rings. The Morgan fingerprint density at radius 2 is 2.35 bits per heavy atom. The number of nitrogens with one attached hydrogen (secondary N) is 1. The second-order valence-corrected chi connectivity index (χ2v) is 5.76. The van der Waals surface area contributed by atoms with Crippen LogP contribution < -0.4 is 5.32 Å². The minimum atomic E-state index is -0.0564. The molecule has 0 aliphatic carbocycles. The molecule has 0 aliphatic rings. The largest absolute Gasteiger partial charge is 0.345 e. The zero-order valence-corrected chi connectivity index (χ0v) is 12.0. The molecule has 0 radical (unpaired) electrons. The van der Waals surface area contributed by atoms with E-state index in [9.17, 15) is 4.79 Å². The Labute approximate surface area is 113 Å². The molecule has 1 unspecified atom stereocenters. The van der Waals surface area contributed by atoms with Crippen LogP contribution in [0.3, 0.4) is 0 Å². The second kappa shape index (κ2) is 5.06. The lowest BCUT2D eigenvalue weighted by Crippen LogP contribution is -2.27. The first kappa shape index (κ1) is 12.4. The van der Waals surface area contributed by atoms with Crippen LogP contribution in [0.2, 0.25) is 0 Å². The highest BCUT2D eigenvalue weighted by molar-refractivity contribution is 9.10. The SMILES string of the molecule is CC(NC(=O)c1cc(Br)cn1C)c1cccs1. The van der Waals surface area contributed by atoms with Gasteiger partial charge in [-0.05, 0) is 40.4 Å². The molecule has 1 amide bonds. The third kappa shape index (κ3) is 2.79. The summed E-state index contributed by atoms with van der Waals surface area (Å²) in [6, 6.07) is 5.87. The van der Waals surface area contributed by atoms with Crippen LogP contribution in [0.25, 0.3) is 0 Å². The number of thiophene rings is 1. The van der Waals surface area contributed by atoms with Gasteiger partial charge in [0.25, 0.3) is 5.91 Å². The van der Waals surface area contributed by atoms with E-state index >= 15 is 0 Å². The number of hydrogen-bond donors (Lipinski definition) is 1. The van der Waals surface area contributed by atoms with Gasteiger partial charge in [0, 0.05) is 22.6 Å². The molecular weight excluding hydrogens is 300 g/mol. The Morgan fingerprint density at radius 1 is 1.59 bits per heavy atom. The summed E-state index contributed by atoms with van der Waals surface area (Å²) in [5, 5.41) is 4.99. The van der Waals surface area contributed by atoms with E-state index in [1.54, 1.807) is 15.9 Å².